The third-order valence-electron chi connectivity index (χ3n) is 4.00. The number of nitrogens with one attached hydrogen (secondary N) is 1. The van der Waals surface area contributed by atoms with E-state index in [0.717, 1.165) is 18.4 Å². The first-order chi connectivity index (χ1) is 10.6. The average Bonchev–Trinajstić information content (AvgIpc) is 3.22. The monoisotopic (exact) mass is 299 g/mol. The average molecular weight is 299 g/mol. The molecule has 0 spiro atoms. The molecule has 4 rings (SSSR count). The van der Waals surface area contributed by atoms with Crippen LogP contribution in [0.5, 0.6) is 11.5 Å². The number of rotatable bonds is 3. The van der Waals surface area contributed by atoms with E-state index < -0.39 is 11.4 Å². The summed E-state index contributed by atoms with van der Waals surface area (Å²) in [5, 5.41) is 9.12. The fraction of sp³-hybridized carbons (Fsp3) is 0.250. The maximum absolute atomic E-state index is 12.5. The highest BCUT2D eigenvalue weighted by Gasteiger charge is 2.31. The fourth-order valence-corrected chi connectivity index (χ4v) is 2.76. The number of pyridine rings is 1. The van der Waals surface area contributed by atoms with Crippen molar-refractivity contribution in [1.82, 2.24) is 4.98 Å². The Morgan fingerprint density at radius 2 is 2.00 bits per heavy atom. The molecule has 0 bridgehead atoms. The summed E-state index contributed by atoms with van der Waals surface area (Å²) in [6.07, 6.45) is 3.07. The van der Waals surface area contributed by atoms with Gasteiger partial charge in [-0.2, -0.15) is 0 Å². The molecule has 0 radical (unpaired) electrons. The Bertz CT molecular complexity index is 835. The molecule has 0 atom stereocenters. The predicted octanol–water partition coefficient (Wildman–Crippen LogP) is 2.35. The second-order valence-corrected chi connectivity index (χ2v) is 5.47. The zero-order valence-electron chi connectivity index (χ0n) is 11.6. The van der Waals surface area contributed by atoms with Crippen LogP contribution in [0.2, 0.25) is 0 Å². The quantitative estimate of drug-likeness (QED) is 0.908. The second-order valence-electron chi connectivity index (χ2n) is 5.47. The number of fused-ring (bicyclic) bond motifs is 1. The fourth-order valence-electron chi connectivity index (χ4n) is 2.76. The Labute approximate surface area is 125 Å². The summed E-state index contributed by atoms with van der Waals surface area (Å²) >= 11 is 0. The van der Waals surface area contributed by atoms with Crippen LogP contribution in [0.3, 0.4) is 0 Å². The molecule has 6 nitrogen and oxygen atoms in total. The van der Waals surface area contributed by atoms with E-state index in [1.165, 1.54) is 6.20 Å². The molecule has 1 saturated carbocycles. The van der Waals surface area contributed by atoms with Crippen LogP contribution >= 0.6 is 0 Å². The van der Waals surface area contributed by atoms with Gasteiger partial charge < -0.3 is 19.6 Å². The molecule has 0 unspecified atom stereocenters. The van der Waals surface area contributed by atoms with Crippen molar-refractivity contribution in [3.63, 3.8) is 0 Å². The molecule has 2 aromatic rings. The molecule has 2 heterocycles. The Hall–Kier alpha value is -2.76. The lowest BCUT2D eigenvalue weighted by molar-refractivity contribution is 0.0695. The van der Waals surface area contributed by atoms with E-state index in [4.69, 9.17) is 14.6 Å². The Balaban J connectivity index is 1.90. The van der Waals surface area contributed by atoms with Crippen molar-refractivity contribution >= 4 is 5.97 Å². The molecule has 1 aromatic carbocycles. The summed E-state index contributed by atoms with van der Waals surface area (Å²) in [5.74, 6) is 0.215. The first-order valence-corrected chi connectivity index (χ1v) is 7.04. The van der Waals surface area contributed by atoms with E-state index >= 15 is 0 Å². The number of H-pyrrole nitrogens is 1. The topological polar surface area (TPSA) is 88.6 Å². The van der Waals surface area contributed by atoms with Crippen LogP contribution in [-0.2, 0) is 0 Å². The van der Waals surface area contributed by atoms with Crippen molar-refractivity contribution < 1.29 is 19.4 Å². The maximum Gasteiger partial charge on any atom is 0.341 e. The van der Waals surface area contributed by atoms with E-state index in [9.17, 15) is 9.59 Å². The van der Waals surface area contributed by atoms with Crippen molar-refractivity contribution in [2.24, 2.45) is 0 Å². The number of ether oxygens (including phenoxy) is 2. The summed E-state index contributed by atoms with van der Waals surface area (Å²) < 4.78 is 10.6. The molecule has 22 heavy (non-hydrogen) atoms. The molecule has 112 valence electrons. The minimum Gasteiger partial charge on any atom is -0.477 e. The van der Waals surface area contributed by atoms with Crippen LogP contribution in [0.4, 0.5) is 0 Å². The SMILES string of the molecule is O=C(O)c1c[nH]c(-c2ccc3c(c2)OCO3)c(C2CC2)c1=O. The van der Waals surface area contributed by atoms with Crippen LogP contribution in [0.25, 0.3) is 11.3 Å². The van der Waals surface area contributed by atoms with Gasteiger partial charge in [0.1, 0.15) is 5.56 Å². The van der Waals surface area contributed by atoms with E-state index in [-0.39, 0.29) is 18.3 Å². The number of carboxylic acids is 1. The molecule has 1 aromatic heterocycles. The highest BCUT2D eigenvalue weighted by Crippen LogP contribution is 2.43. The van der Waals surface area contributed by atoms with E-state index in [2.05, 4.69) is 4.98 Å². The summed E-state index contributed by atoms with van der Waals surface area (Å²) in [6.45, 7) is 0.183. The van der Waals surface area contributed by atoms with Crippen molar-refractivity contribution in [1.29, 1.82) is 0 Å². The molecule has 0 saturated heterocycles. The number of aromatic amines is 1. The molecule has 1 fully saturated rings. The highest BCUT2D eigenvalue weighted by atomic mass is 16.7. The zero-order chi connectivity index (χ0) is 15.3. The van der Waals surface area contributed by atoms with Gasteiger partial charge in [0.05, 0.1) is 5.69 Å². The van der Waals surface area contributed by atoms with Gasteiger partial charge in [-0.15, -0.1) is 0 Å². The number of aromatic carboxylic acids is 1. The van der Waals surface area contributed by atoms with Crippen LogP contribution in [0.1, 0.15) is 34.7 Å². The number of hydrogen-bond donors (Lipinski definition) is 2. The van der Waals surface area contributed by atoms with E-state index in [1.807, 2.05) is 6.07 Å². The minimum absolute atomic E-state index is 0.128. The normalized spacial score (nSPS) is 15.8. The van der Waals surface area contributed by atoms with Gasteiger partial charge in [0, 0.05) is 17.3 Å². The van der Waals surface area contributed by atoms with Crippen molar-refractivity contribution in [2.75, 3.05) is 6.79 Å². The molecule has 1 aliphatic carbocycles. The Kier molecular flexibility index (Phi) is 2.72. The van der Waals surface area contributed by atoms with Crippen molar-refractivity contribution in [3.8, 4) is 22.8 Å². The number of aromatic nitrogens is 1. The number of carboxylic acid groups (broad SMARTS) is 1. The molecule has 6 heteroatoms. The predicted molar refractivity (Wildman–Crippen MR) is 77.6 cm³/mol. The first kappa shape index (κ1) is 12.9. The number of benzene rings is 1. The molecular formula is C16H13NO5. The van der Waals surface area contributed by atoms with Crippen LogP contribution in [0, 0.1) is 0 Å². The standard InChI is InChI=1S/C16H13NO5/c18-15-10(16(19)20)6-17-14(13(15)8-1-2-8)9-3-4-11-12(5-9)22-7-21-11/h3-6,8H,1-2,7H2,(H,17,18)(H,19,20). The van der Waals surface area contributed by atoms with Gasteiger partial charge in [0.25, 0.3) is 0 Å². The molecule has 0 amide bonds. The van der Waals surface area contributed by atoms with Crippen molar-refractivity contribution in [2.45, 2.75) is 18.8 Å². The molecular weight excluding hydrogens is 286 g/mol. The highest BCUT2D eigenvalue weighted by molar-refractivity contribution is 5.88. The largest absolute Gasteiger partial charge is 0.477 e. The molecule has 2 aliphatic rings. The summed E-state index contributed by atoms with van der Waals surface area (Å²) in [5.41, 5.74) is 1.39. The van der Waals surface area contributed by atoms with Gasteiger partial charge in [-0.05, 0) is 37.0 Å². The first-order valence-electron chi connectivity index (χ1n) is 7.04. The van der Waals surface area contributed by atoms with E-state index in [0.29, 0.717) is 22.8 Å². The lowest BCUT2D eigenvalue weighted by Crippen LogP contribution is -2.20. The zero-order valence-corrected chi connectivity index (χ0v) is 11.6. The van der Waals surface area contributed by atoms with Gasteiger partial charge in [-0.25, -0.2) is 4.79 Å². The smallest absolute Gasteiger partial charge is 0.341 e. The third kappa shape index (κ3) is 1.95. The Morgan fingerprint density at radius 1 is 1.23 bits per heavy atom. The van der Waals surface area contributed by atoms with Crippen molar-refractivity contribution in [3.05, 3.63) is 45.7 Å². The molecule has 1 aliphatic heterocycles. The van der Waals surface area contributed by atoms with Gasteiger partial charge in [0.15, 0.2) is 16.9 Å². The van der Waals surface area contributed by atoms with Gasteiger partial charge in [0.2, 0.25) is 6.79 Å². The van der Waals surface area contributed by atoms with Gasteiger partial charge in [-0.1, -0.05) is 0 Å². The summed E-state index contributed by atoms with van der Waals surface area (Å²) in [7, 11) is 0. The maximum atomic E-state index is 12.5. The second kappa shape index (κ2) is 4.62. The van der Waals surface area contributed by atoms with Crippen LogP contribution < -0.4 is 14.9 Å². The number of carbonyl (C=O) groups is 1. The van der Waals surface area contributed by atoms with Crippen LogP contribution in [0.15, 0.2) is 29.2 Å². The van der Waals surface area contributed by atoms with Crippen LogP contribution in [-0.4, -0.2) is 22.9 Å². The summed E-state index contributed by atoms with van der Waals surface area (Å²) in [4.78, 5) is 26.6. The van der Waals surface area contributed by atoms with Gasteiger partial charge in [-0.3, -0.25) is 4.79 Å². The summed E-state index contributed by atoms with van der Waals surface area (Å²) in [6, 6.07) is 5.43. The third-order valence-corrected chi connectivity index (χ3v) is 4.00. The minimum atomic E-state index is -1.21. The van der Waals surface area contributed by atoms with Gasteiger partial charge >= 0.3 is 5.97 Å². The molecule has 2 N–H and O–H groups in total. The Morgan fingerprint density at radius 3 is 2.73 bits per heavy atom. The lowest BCUT2D eigenvalue weighted by atomic mass is 9.99. The number of hydrogen-bond acceptors (Lipinski definition) is 4. The lowest BCUT2D eigenvalue weighted by Gasteiger charge is -2.10. The van der Waals surface area contributed by atoms with E-state index in [1.54, 1.807) is 12.1 Å².